The second-order valence-electron chi connectivity index (χ2n) is 5.53. The number of rotatable bonds is 10. The monoisotopic (exact) mass is 341 g/mol. The van der Waals surface area contributed by atoms with E-state index in [1.807, 2.05) is 0 Å². The molecule has 0 saturated carbocycles. The van der Waals surface area contributed by atoms with Crippen molar-refractivity contribution in [2.75, 3.05) is 13.2 Å². The van der Waals surface area contributed by atoms with Gasteiger partial charge in [0.2, 0.25) is 0 Å². The van der Waals surface area contributed by atoms with Crippen molar-refractivity contribution >= 4 is 15.9 Å². The highest BCUT2D eigenvalue weighted by molar-refractivity contribution is 9.10. The van der Waals surface area contributed by atoms with Crippen LogP contribution in [0.1, 0.15) is 52.0 Å². The average molecular weight is 342 g/mol. The summed E-state index contributed by atoms with van der Waals surface area (Å²) in [4.78, 5) is 0. The van der Waals surface area contributed by atoms with Gasteiger partial charge in [0.05, 0.1) is 11.1 Å². The summed E-state index contributed by atoms with van der Waals surface area (Å²) >= 11 is 3.59. The summed E-state index contributed by atoms with van der Waals surface area (Å²) < 4.78 is 6.74. The highest BCUT2D eigenvalue weighted by Crippen LogP contribution is 2.26. The van der Waals surface area contributed by atoms with E-state index in [0.717, 1.165) is 36.2 Å². The summed E-state index contributed by atoms with van der Waals surface area (Å²) in [6, 6.07) is 7.05. The van der Waals surface area contributed by atoms with Gasteiger partial charge in [0.15, 0.2) is 0 Å². The van der Waals surface area contributed by atoms with Gasteiger partial charge in [-0.25, -0.2) is 0 Å². The number of benzene rings is 1. The predicted molar refractivity (Wildman–Crippen MR) is 90.6 cm³/mol. The molecule has 1 rings (SSSR count). The van der Waals surface area contributed by atoms with Gasteiger partial charge >= 0.3 is 0 Å². The normalized spacial score (nSPS) is 11.1. The van der Waals surface area contributed by atoms with Crippen molar-refractivity contribution in [2.24, 2.45) is 0 Å². The molecule has 0 aliphatic carbocycles. The molecule has 0 radical (unpaired) electrons. The number of nitrogens with one attached hydrogen (secondary N) is 1. The van der Waals surface area contributed by atoms with Gasteiger partial charge in [0.25, 0.3) is 0 Å². The Labute approximate surface area is 132 Å². The van der Waals surface area contributed by atoms with Gasteiger partial charge < -0.3 is 10.1 Å². The Kier molecular flexibility index (Phi) is 8.95. The Hall–Kier alpha value is -0.540. The molecule has 3 heteroatoms. The van der Waals surface area contributed by atoms with E-state index in [2.05, 4.69) is 60.2 Å². The van der Waals surface area contributed by atoms with Crippen LogP contribution in [0, 0.1) is 0 Å². The zero-order chi connectivity index (χ0) is 14.8. The van der Waals surface area contributed by atoms with Crippen LogP contribution >= 0.6 is 15.9 Å². The standard InChI is InChI=1S/C17H28BrNO/c1-4-12-20-17-10-9-15(13-16(17)18)8-6-5-7-11-19-14(2)3/h9-10,13-14,19H,4-8,11-12H2,1-3H3. The van der Waals surface area contributed by atoms with Crippen LogP contribution in [0.5, 0.6) is 5.75 Å². The van der Waals surface area contributed by atoms with E-state index in [1.165, 1.54) is 24.8 Å². The van der Waals surface area contributed by atoms with Crippen molar-refractivity contribution in [1.82, 2.24) is 5.32 Å². The molecule has 1 aromatic carbocycles. The summed E-state index contributed by atoms with van der Waals surface area (Å²) in [7, 11) is 0. The fourth-order valence-corrected chi connectivity index (χ4v) is 2.59. The molecule has 1 N–H and O–H groups in total. The molecule has 0 bridgehead atoms. The maximum absolute atomic E-state index is 5.67. The van der Waals surface area contributed by atoms with Crippen molar-refractivity contribution in [3.8, 4) is 5.75 Å². The number of hydrogen-bond donors (Lipinski definition) is 1. The Balaban J connectivity index is 2.25. The third kappa shape index (κ3) is 7.30. The van der Waals surface area contributed by atoms with E-state index in [9.17, 15) is 0 Å². The molecule has 0 aliphatic rings. The zero-order valence-electron chi connectivity index (χ0n) is 13.0. The number of hydrogen-bond acceptors (Lipinski definition) is 2. The van der Waals surface area contributed by atoms with Gasteiger partial charge in [-0.15, -0.1) is 0 Å². The van der Waals surface area contributed by atoms with Gasteiger partial charge in [-0.05, 0) is 65.9 Å². The molecule has 2 nitrogen and oxygen atoms in total. The van der Waals surface area contributed by atoms with Crippen LogP contribution in [0.2, 0.25) is 0 Å². The fraction of sp³-hybridized carbons (Fsp3) is 0.647. The summed E-state index contributed by atoms with van der Waals surface area (Å²) in [5.41, 5.74) is 1.39. The summed E-state index contributed by atoms with van der Waals surface area (Å²) in [5, 5.41) is 3.46. The summed E-state index contributed by atoms with van der Waals surface area (Å²) in [6.45, 7) is 8.42. The number of ether oxygens (including phenoxy) is 1. The lowest BCUT2D eigenvalue weighted by atomic mass is 10.1. The largest absolute Gasteiger partial charge is 0.492 e. The van der Waals surface area contributed by atoms with E-state index in [1.54, 1.807) is 0 Å². The van der Waals surface area contributed by atoms with E-state index >= 15 is 0 Å². The molecule has 0 unspecified atom stereocenters. The maximum atomic E-state index is 5.67. The molecule has 114 valence electrons. The first-order chi connectivity index (χ1) is 9.63. The lowest BCUT2D eigenvalue weighted by molar-refractivity contribution is 0.315. The fourth-order valence-electron chi connectivity index (χ4n) is 2.05. The van der Waals surface area contributed by atoms with Gasteiger partial charge in [-0.2, -0.15) is 0 Å². The minimum atomic E-state index is 0.599. The quantitative estimate of drug-likeness (QED) is 0.608. The molecule has 1 aromatic rings. The van der Waals surface area contributed by atoms with E-state index in [-0.39, 0.29) is 0 Å². The molecule has 0 spiro atoms. The molecule has 0 fully saturated rings. The SMILES string of the molecule is CCCOc1ccc(CCCCCNC(C)C)cc1Br. The smallest absolute Gasteiger partial charge is 0.133 e. The number of unbranched alkanes of at least 4 members (excludes halogenated alkanes) is 2. The molecule has 0 saturated heterocycles. The van der Waals surface area contributed by atoms with Crippen LogP contribution in [0.25, 0.3) is 0 Å². The molecular weight excluding hydrogens is 314 g/mol. The van der Waals surface area contributed by atoms with Gasteiger partial charge in [-0.3, -0.25) is 0 Å². The van der Waals surface area contributed by atoms with E-state index < -0.39 is 0 Å². The highest BCUT2D eigenvalue weighted by Gasteiger charge is 2.02. The second-order valence-corrected chi connectivity index (χ2v) is 6.39. The first-order valence-corrected chi connectivity index (χ1v) is 8.57. The molecule has 0 amide bonds. The van der Waals surface area contributed by atoms with Crippen molar-refractivity contribution in [3.05, 3.63) is 28.2 Å². The lowest BCUT2D eigenvalue weighted by Crippen LogP contribution is -2.23. The summed E-state index contributed by atoms with van der Waals surface area (Å²) in [6.07, 6.45) is 5.98. The molecular formula is C17H28BrNO. The van der Waals surface area contributed by atoms with Crippen LogP contribution in [0.3, 0.4) is 0 Å². The highest BCUT2D eigenvalue weighted by atomic mass is 79.9. The number of halogens is 1. The van der Waals surface area contributed by atoms with Crippen LogP contribution < -0.4 is 10.1 Å². The average Bonchev–Trinajstić information content (AvgIpc) is 2.41. The van der Waals surface area contributed by atoms with Gasteiger partial charge in [0, 0.05) is 6.04 Å². The maximum Gasteiger partial charge on any atom is 0.133 e. The molecule has 20 heavy (non-hydrogen) atoms. The van der Waals surface area contributed by atoms with E-state index in [4.69, 9.17) is 4.74 Å². The second kappa shape index (κ2) is 10.2. The third-order valence-electron chi connectivity index (χ3n) is 3.15. The Morgan fingerprint density at radius 3 is 2.65 bits per heavy atom. The first-order valence-electron chi connectivity index (χ1n) is 7.78. The van der Waals surface area contributed by atoms with Crippen LogP contribution in [-0.2, 0) is 6.42 Å². The lowest BCUT2D eigenvalue weighted by Gasteiger charge is -2.09. The Morgan fingerprint density at radius 2 is 2.00 bits per heavy atom. The van der Waals surface area contributed by atoms with E-state index in [0.29, 0.717) is 6.04 Å². The third-order valence-corrected chi connectivity index (χ3v) is 3.77. The minimum absolute atomic E-state index is 0.599. The molecule has 0 atom stereocenters. The molecule has 0 heterocycles. The van der Waals surface area contributed by atoms with Gasteiger partial charge in [-0.1, -0.05) is 33.3 Å². The predicted octanol–water partition coefficient (Wildman–Crippen LogP) is 4.95. The van der Waals surface area contributed by atoms with Crippen LogP contribution in [-0.4, -0.2) is 19.2 Å². The molecule has 0 aromatic heterocycles. The Bertz CT molecular complexity index is 379. The van der Waals surface area contributed by atoms with Gasteiger partial charge in [0.1, 0.15) is 5.75 Å². The zero-order valence-corrected chi connectivity index (χ0v) is 14.6. The van der Waals surface area contributed by atoms with Crippen LogP contribution in [0.15, 0.2) is 22.7 Å². The van der Waals surface area contributed by atoms with Crippen molar-refractivity contribution in [1.29, 1.82) is 0 Å². The minimum Gasteiger partial charge on any atom is -0.492 e. The number of aryl methyl sites for hydroxylation is 1. The van der Waals surface area contributed by atoms with Crippen molar-refractivity contribution in [3.63, 3.8) is 0 Å². The Morgan fingerprint density at radius 1 is 1.20 bits per heavy atom. The van der Waals surface area contributed by atoms with Crippen molar-refractivity contribution < 1.29 is 4.74 Å². The van der Waals surface area contributed by atoms with Crippen LogP contribution in [0.4, 0.5) is 0 Å². The summed E-state index contributed by atoms with van der Waals surface area (Å²) in [5.74, 6) is 0.955. The first kappa shape index (κ1) is 17.5. The molecule has 0 aliphatic heterocycles. The topological polar surface area (TPSA) is 21.3 Å². The van der Waals surface area contributed by atoms with Crippen molar-refractivity contribution in [2.45, 2.75) is 58.9 Å².